The van der Waals surface area contributed by atoms with E-state index in [4.69, 9.17) is 0 Å². The van der Waals surface area contributed by atoms with Gasteiger partial charge >= 0.3 is 10.2 Å². The molecule has 0 aliphatic carbocycles. The lowest BCUT2D eigenvalue weighted by molar-refractivity contribution is 0.509. The SMILES string of the molecule is CNCCCCN1c2ccccc2N(c2ccc(F)c(F)c2)S1(=O)=O. The summed E-state index contributed by atoms with van der Waals surface area (Å²) in [7, 11) is -2.06. The first-order valence-electron chi connectivity index (χ1n) is 7.98. The van der Waals surface area contributed by atoms with E-state index in [9.17, 15) is 17.2 Å². The number of anilines is 3. The summed E-state index contributed by atoms with van der Waals surface area (Å²) in [6.07, 6.45) is 1.51. The Hall–Kier alpha value is -2.19. The molecule has 3 rings (SSSR count). The molecule has 1 N–H and O–H groups in total. The summed E-state index contributed by atoms with van der Waals surface area (Å²) in [5.41, 5.74) is 1.04. The number of para-hydroxylation sites is 2. The van der Waals surface area contributed by atoms with E-state index in [-0.39, 0.29) is 5.69 Å². The number of hydrogen-bond donors (Lipinski definition) is 1. The molecule has 0 aromatic heterocycles. The van der Waals surface area contributed by atoms with Crippen LogP contribution in [0.3, 0.4) is 0 Å². The molecular formula is C17H19F2N3O2S. The van der Waals surface area contributed by atoms with Gasteiger partial charge in [-0.2, -0.15) is 8.42 Å². The van der Waals surface area contributed by atoms with Crippen molar-refractivity contribution in [1.29, 1.82) is 0 Å². The van der Waals surface area contributed by atoms with Crippen molar-refractivity contribution in [2.24, 2.45) is 0 Å². The zero-order valence-electron chi connectivity index (χ0n) is 13.7. The average Bonchev–Trinajstić information content (AvgIpc) is 2.81. The fraction of sp³-hybridized carbons (Fsp3) is 0.294. The molecule has 2 aromatic rings. The van der Waals surface area contributed by atoms with Gasteiger partial charge in [-0.05, 0) is 50.7 Å². The normalized spacial score (nSPS) is 15.5. The Balaban J connectivity index is 2.00. The number of rotatable bonds is 6. The zero-order valence-corrected chi connectivity index (χ0v) is 14.6. The fourth-order valence-electron chi connectivity index (χ4n) is 2.87. The lowest BCUT2D eigenvalue weighted by Crippen LogP contribution is -2.36. The van der Waals surface area contributed by atoms with E-state index in [0.717, 1.165) is 29.4 Å². The lowest BCUT2D eigenvalue weighted by atomic mass is 10.2. The fourth-order valence-corrected chi connectivity index (χ4v) is 4.61. The van der Waals surface area contributed by atoms with E-state index in [1.807, 2.05) is 7.05 Å². The minimum Gasteiger partial charge on any atom is -0.320 e. The predicted molar refractivity (Wildman–Crippen MR) is 94.4 cm³/mol. The molecule has 1 heterocycles. The van der Waals surface area contributed by atoms with Gasteiger partial charge in [0.1, 0.15) is 0 Å². The minimum absolute atomic E-state index is 0.0732. The highest BCUT2D eigenvalue weighted by Crippen LogP contribution is 2.45. The highest BCUT2D eigenvalue weighted by Gasteiger charge is 2.40. The average molecular weight is 367 g/mol. The van der Waals surface area contributed by atoms with Crippen molar-refractivity contribution in [3.63, 3.8) is 0 Å². The molecule has 1 aliphatic rings. The number of hydrogen-bond acceptors (Lipinski definition) is 3. The highest BCUT2D eigenvalue weighted by atomic mass is 32.2. The third-order valence-electron chi connectivity index (χ3n) is 4.05. The van der Waals surface area contributed by atoms with Gasteiger partial charge in [-0.25, -0.2) is 13.1 Å². The van der Waals surface area contributed by atoms with Crippen molar-refractivity contribution < 1.29 is 17.2 Å². The topological polar surface area (TPSA) is 52.6 Å². The number of unbranched alkanes of at least 4 members (excludes halogenated alkanes) is 1. The van der Waals surface area contributed by atoms with Crippen LogP contribution in [-0.2, 0) is 10.2 Å². The molecule has 0 saturated heterocycles. The third kappa shape index (κ3) is 3.19. The second-order valence-corrected chi connectivity index (χ2v) is 7.44. The van der Waals surface area contributed by atoms with Crippen LogP contribution in [0, 0.1) is 11.6 Å². The quantitative estimate of drug-likeness (QED) is 0.798. The van der Waals surface area contributed by atoms with Crippen LogP contribution in [0.15, 0.2) is 42.5 Å². The first-order valence-corrected chi connectivity index (χ1v) is 9.38. The molecule has 0 fully saturated rings. The van der Waals surface area contributed by atoms with Crippen LogP contribution in [0.5, 0.6) is 0 Å². The molecule has 0 spiro atoms. The van der Waals surface area contributed by atoms with Gasteiger partial charge in [0, 0.05) is 12.6 Å². The molecule has 2 aromatic carbocycles. The van der Waals surface area contributed by atoms with Gasteiger partial charge in [-0.15, -0.1) is 0 Å². The number of benzene rings is 2. The summed E-state index contributed by atoms with van der Waals surface area (Å²) in [4.78, 5) is 0. The summed E-state index contributed by atoms with van der Waals surface area (Å²) in [5.74, 6) is -2.10. The number of nitrogens with one attached hydrogen (secondary N) is 1. The molecule has 0 radical (unpaired) electrons. The van der Waals surface area contributed by atoms with Gasteiger partial charge in [-0.1, -0.05) is 12.1 Å². The van der Waals surface area contributed by atoms with E-state index in [1.165, 1.54) is 10.4 Å². The van der Waals surface area contributed by atoms with Crippen molar-refractivity contribution in [1.82, 2.24) is 5.32 Å². The first-order chi connectivity index (χ1) is 12.0. The second kappa shape index (κ2) is 6.97. The molecule has 0 bridgehead atoms. The van der Waals surface area contributed by atoms with Crippen molar-refractivity contribution in [3.05, 3.63) is 54.1 Å². The summed E-state index contributed by atoms with van der Waals surface area (Å²) in [5, 5.41) is 3.02. The maximum absolute atomic E-state index is 13.6. The van der Waals surface area contributed by atoms with Crippen LogP contribution in [0.25, 0.3) is 0 Å². The Kier molecular flexibility index (Phi) is 4.91. The van der Waals surface area contributed by atoms with Crippen LogP contribution in [0.1, 0.15) is 12.8 Å². The van der Waals surface area contributed by atoms with E-state index in [1.54, 1.807) is 24.3 Å². The van der Waals surface area contributed by atoms with Gasteiger partial charge in [0.05, 0.1) is 17.1 Å². The number of nitrogens with zero attached hydrogens (tertiary/aromatic N) is 2. The van der Waals surface area contributed by atoms with E-state index in [2.05, 4.69) is 5.32 Å². The third-order valence-corrected chi connectivity index (χ3v) is 5.86. The Labute approximate surface area is 146 Å². The highest BCUT2D eigenvalue weighted by molar-refractivity contribution is 7.95. The molecule has 25 heavy (non-hydrogen) atoms. The lowest BCUT2D eigenvalue weighted by Gasteiger charge is -2.22. The van der Waals surface area contributed by atoms with Crippen LogP contribution in [-0.4, -0.2) is 28.6 Å². The molecule has 0 unspecified atom stereocenters. The zero-order chi connectivity index (χ0) is 18.0. The van der Waals surface area contributed by atoms with Crippen molar-refractivity contribution in [3.8, 4) is 0 Å². The largest absolute Gasteiger partial charge is 0.330 e. The van der Waals surface area contributed by atoms with Crippen LogP contribution < -0.4 is 13.9 Å². The van der Waals surface area contributed by atoms with Crippen LogP contribution in [0.4, 0.5) is 25.8 Å². The van der Waals surface area contributed by atoms with E-state index in [0.29, 0.717) is 24.3 Å². The number of halogens is 2. The minimum atomic E-state index is -3.90. The molecule has 0 saturated carbocycles. The summed E-state index contributed by atoms with van der Waals surface area (Å²) in [6, 6.07) is 9.92. The molecule has 0 atom stereocenters. The van der Waals surface area contributed by atoms with Gasteiger partial charge in [0.25, 0.3) is 0 Å². The van der Waals surface area contributed by atoms with Crippen LogP contribution in [0.2, 0.25) is 0 Å². The second-order valence-electron chi connectivity index (χ2n) is 5.74. The molecule has 0 amide bonds. The Morgan fingerprint density at radius 3 is 2.40 bits per heavy atom. The van der Waals surface area contributed by atoms with Crippen molar-refractivity contribution in [2.75, 3.05) is 28.7 Å². The van der Waals surface area contributed by atoms with Crippen molar-refractivity contribution in [2.45, 2.75) is 12.8 Å². The maximum atomic E-state index is 13.6. The van der Waals surface area contributed by atoms with Gasteiger partial charge in [0.15, 0.2) is 11.6 Å². The predicted octanol–water partition coefficient (Wildman–Crippen LogP) is 3.17. The molecule has 134 valence electrons. The monoisotopic (exact) mass is 367 g/mol. The van der Waals surface area contributed by atoms with E-state index >= 15 is 0 Å². The van der Waals surface area contributed by atoms with Gasteiger partial charge in [0.2, 0.25) is 0 Å². The molecule has 1 aliphatic heterocycles. The standard InChI is InChI=1S/C17H19F2N3O2S/c1-20-10-4-5-11-21-16-6-2-3-7-17(16)22(25(21,23)24)13-8-9-14(18)15(19)12-13/h2-3,6-9,12,20H,4-5,10-11H2,1H3. The number of fused-ring (bicyclic) bond motifs is 1. The van der Waals surface area contributed by atoms with Crippen molar-refractivity contribution >= 4 is 27.3 Å². The molecule has 5 nitrogen and oxygen atoms in total. The first kappa shape index (κ1) is 17.6. The molecular weight excluding hydrogens is 348 g/mol. The summed E-state index contributed by atoms with van der Waals surface area (Å²) in [6.45, 7) is 1.11. The maximum Gasteiger partial charge on any atom is 0.330 e. The Morgan fingerprint density at radius 1 is 1.00 bits per heavy atom. The summed E-state index contributed by atoms with van der Waals surface area (Å²) < 4.78 is 55.3. The smallest absolute Gasteiger partial charge is 0.320 e. The van der Waals surface area contributed by atoms with E-state index < -0.39 is 21.8 Å². The van der Waals surface area contributed by atoms with Crippen LogP contribution >= 0.6 is 0 Å². The Bertz CT molecular complexity index is 874. The Morgan fingerprint density at radius 2 is 1.72 bits per heavy atom. The van der Waals surface area contributed by atoms with Gasteiger partial charge in [-0.3, -0.25) is 4.31 Å². The molecule has 8 heteroatoms. The van der Waals surface area contributed by atoms with Gasteiger partial charge < -0.3 is 5.32 Å². The summed E-state index contributed by atoms with van der Waals surface area (Å²) >= 11 is 0.